The number of rotatable bonds is 3. The molecule has 3 heteroatoms. The van der Waals surface area contributed by atoms with Gasteiger partial charge in [0.15, 0.2) is 0 Å². The number of carbonyl (C=O) groups excluding carboxylic acids is 1. The molecule has 0 saturated carbocycles. The maximum absolute atomic E-state index is 12.0. The molecule has 0 aliphatic carbocycles. The van der Waals surface area contributed by atoms with Gasteiger partial charge in [-0.25, -0.2) is 0 Å². The Morgan fingerprint density at radius 2 is 2.06 bits per heavy atom. The molecule has 1 aliphatic heterocycles. The Morgan fingerprint density at radius 3 is 2.59 bits per heavy atom. The van der Waals surface area contributed by atoms with Gasteiger partial charge in [-0.1, -0.05) is 27.7 Å². The van der Waals surface area contributed by atoms with Crippen molar-refractivity contribution in [2.24, 2.45) is 11.3 Å². The van der Waals surface area contributed by atoms with Crippen LogP contribution in [0.2, 0.25) is 0 Å². The second kappa shape index (κ2) is 5.85. The van der Waals surface area contributed by atoms with Gasteiger partial charge < -0.3 is 10.0 Å². The molecule has 1 rings (SSSR count). The van der Waals surface area contributed by atoms with Crippen molar-refractivity contribution in [3.63, 3.8) is 0 Å². The average molecular weight is 241 g/mol. The van der Waals surface area contributed by atoms with E-state index in [1.54, 1.807) is 0 Å². The van der Waals surface area contributed by atoms with Gasteiger partial charge in [-0.3, -0.25) is 4.79 Å². The number of aliphatic hydroxyl groups excluding tert-OH is 1. The van der Waals surface area contributed by atoms with Gasteiger partial charge in [-0.05, 0) is 30.6 Å². The zero-order chi connectivity index (χ0) is 13.1. The highest BCUT2D eigenvalue weighted by Crippen LogP contribution is 2.34. The van der Waals surface area contributed by atoms with E-state index in [-0.39, 0.29) is 17.4 Å². The first-order valence-electron chi connectivity index (χ1n) is 6.80. The van der Waals surface area contributed by atoms with Gasteiger partial charge in [0.05, 0.1) is 6.10 Å². The van der Waals surface area contributed by atoms with Crippen LogP contribution in [-0.2, 0) is 4.79 Å². The lowest BCUT2D eigenvalue weighted by molar-refractivity contribution is -0.132. The minimum atomic E-state index is -0.370. The van der Waals surface area contributed by atoms with Gasteiger partial charge in [-0.2, -0.15) is 0 Å². The average Bonchev–Trinajstić information content (AvgIpc) is 2.41. The summed E-state index contributed by atoms with van der Waals surface area (Å²) in [5, 5.41) is 9.65. The van der Waals surface area contributed by atoms with E-state index in [9.17, 15) is 9.90 Å². The molecule has 1 saturated heterocycles. The minimum absolute atomic E-state index is 0.212. The number of carbonyl (C=O) groups is 1. The van der Waals surface area contributed by atoms with Gasteiger partial charge in [0.2, 0.25) is 5.91 Å². The SMILES string of the molecule is CCC(O)CN1CCC(C(C)(C)C)CCC1=O. The lowest BCUT2D eigenvalue weighted by atomic mass is 9.77. The molecule has 1 fully saturated rings. The van der Waals surface area contributed by atoms with Gasteiger partial charge in [0, 0.05) is 19.5 Å². The molecule has 0 aromatic heterocycles. The largest absolute Gasteiger partial charge is 0.391 e. The van der Waals surface area contributed by atoms with Crippen LogP contribution in [0.15, 0.2) is 0 Å². The second-order valence-corrected chi connectivity index (χ2v) is 6.29. The number of amides is 1. The Morgan fingerprint density at radius 1 is 1.41 bits per heavy atom. The first-order chi connectivity index (χ1) is 7.84. The van der Waals surface area contributed by atoms with Crippen LogP contribution in [0.5, 0.6) is 0 Å². The molecule has 0 aromatic carbocycles. The number of β-amino-alcohol motifs (C(OH)–C–C–N with tert-alkyl or cyclic N) is 1. The molecule has 17 heavy (non-hydrogen) atoms. The molecule has 2 atom stereocenters. The lowest BCUT2D eigenvalue weighted by Gasteiger charge is -2.29. The van der Waals surface area contributed by atoms with E-state index >= 15 is 0 Å². The summed E-state index contributed by atoms with van der Waals surface area (Å²) in [6.45, 7) is 10.0. The maximum atomic E-state index is 12.0. The molecular formula is C14H27NO2. The molecule has 1 aliphatic rings. The molecular weight excluding hydrogens is 214 g/mol. The van der Waals surface area contributed by atoms with Gasteiger partial charge in [0.25, 0.3) is 0 Å². The summed E-state index contributed by atoms with van der Waals surface area (Å²) >= 11 is 0. The molecule has 1 heterocycles. The summed E-state index contributed by atoms with van der Waals surface area (Å²) in [4.78, 5) is 13.8. The van der Waals surface area contributed by atoms with Crippen molar-refractivity contribution >= 4 is 5.91 Å². The number of hydrogen-bond donors (Lipinski definition) is 1. The smallest absolute Gasteiger partial charge is 0.222 e. The van der Waals surface area contributed by atoms with Gasteiger partial charge in [0.1, 0.15) is 0 Å². The summed E-state index contributed by atoms with van der Waals surface area (Å²) in [6, 6.07) is 0. The third-order valence-electron chi connectivity index (χ3n) is 3.93. The van der Waals surface area contributed by atoms with Gasteiger partial charge in [-0.15, -0.1) is 0 Å². The van der Waals surface area contributed by atoms with Crippen molar-refractivity contribution in [3.05, 3.63) is 0 Å². The third-order valence-corrected chi connectivity index (χ3v) is 3.93. The summed E-state index contributed by atoms with van der Waals surface area (Å²) in [7, 11) is 0. The van der Waals surface area contributed by atoms with E-state index < -0.39 is 0 Å². The normalized spacial score (nSPS) is 24.6. The van der Waals surface area contributed by atoms with Crippen LogP contribution in [-0.4, -0.2) is 35.1 Å². The van der Waals surface area contributed by atoms with Gasteiger partial charge >= 0.3 is 0 Å². The Hall–Kier alpha value is -0.570. The van der Waals surface area contributed by atoms with E-state index in [4.69, 9.17) is 0 Å². The fourth-order valence-electron chi connectivity index (χ4n) is 2.48. The van der Waals surface area contributed by atoms with Crippen molar-refractivity contribution < 1.29 is 9.90 Å². The van der Waals surface area contributed by atoms with Crippen molar-refractivity contribution in [2.75, 3.05) is 13.1 Å². The molecule has 0 radical (unpaired) electrons. The van der Waals surface area contributed by atoms with Crippen LogP contribution >= 0.6 is 0 Å². The van der Waals surface area contributed by atoms with Crippen molar-refractivity contribution in [3.8, 4) is 0 Å². The molecule has 0 bridgehead atoms. The highest BCUT2D eigenvalue weighted by molar-refractivity contribution is 5.76. The molecule has 2 unspecified atom stereocenters. The third kappa shape index (κ3) is 4.30. The number of likely N-dealkylation sites (tertiary alicyclic amines) is 1. The number of nitrogens with zero attached hydrogens (tertiary/aromatic N) is 1. The van der Waals surface area contributed by atoms with Crippen LogP contribution in [0, 0.1) is 11.3 Å². The highest BCUT2D eigenvalue weighted by Gasteiger charge is 2.30. The fourth-order valence-corrected chi connectivity index (χ4v) is 2.48. The monoisotopic (exact) mass is 241 g/mol. The predicted molar refractivity (Wildman–Crippen MR) is 69.7 cm³/mol. The highest BCUT2D eigenvalue weighted by atomic mass is 16.3. The van der Waals surface area contributed by atoms with E-state index in [0.717, 1.165) is 19.4 Å². The maximum Gasteiger partial charge on any atom is 0.222 e. The Kier molecular flexibility index (Phi) is 4.99. The first kappa shape index (κ1) is 14.5. The quantitative estimate of drug-likeness (QED) is 0.824. The number of hydrogen-bond acceptors (Lipinski definition) is 2. The zero-order valence-electron chi connectivity index (χ0n) is 11.7. The minimum Gasteiger partial charge on any atom is -0.391 e. The standard InChI is InChI=1S/C14H27NO2/c1-5-12(16)10-15-9-8-11(14(2,3)4)6-7-13(15)17/h11-12,16H,5-10H2,1-4H3. The van der Waals surface area contributed by atoms with Crippen molar-refractivity contribution in [1.82, 2.24) is 4.90 Å². The molecule has 0 spiro atoms. The second-order valence-electron chi connectivity index (χ2n) is 6.29. The summed E-state index contributed by atoms with van der Waals surface area (Å²) in [5.41, 5.74) is 0.277. The summed E-state index contributed by atoms with van der Waals surface area (Å²) in [6.07, 6.45) is 3.03. The first-order valence-corrected chi connectivity index (χ1v) is 6.80. The predicted octanol–water partition coefficient (Wildman–Crippen LogP) is 2.43. The number of aliphatic hydroxyl groups is 1. The molecule has 0 aromatic rings. The Labute approximate surface area is 105 Å². The Bertz CT molecular complexity index is 257. The van der Waals surface area contributed by atoms with E-state index in [0.29, 0.717) is 25.3 Å². The molecule has 100 valence electrons. The van der Waals surface area contributed by atoms with Crippen molar-refractivity contribution in [1.29, 1.82) is 0 Å². The van der Waals surface area contributed by atoms with Crippen LogP contribution in [0.3, 0.4) is 0 Å². The molecule has 3 nitrogen and oxygen atoms in total. The van der Waals surface area contributed by atoms with Crippen LogP contribution in [0.25, 0.3) is 0 Å². The van der Waals surface area contributed by atoms with Crippen LogP contribution in [0.1, 0.15) is 53.4 Å². The zero-order valence-corrected chi connectivity index (χ0v) is 11.7. The van der Waals surface area contributed by atoms with E-state index in [2.05, 4.69) is 20.8 Å². The Balaban J connectivity index is 2.58. The van der Waals surface area contributed by atoms with Crippen LogP contribution in [0.4, 0.5) is 0 Å². The topological polar surface area (TPSA) is 40.5 Å². The summed E-state index contributed by atoms with van der Waals surface area (Å²) in [5.74, 6) is 0.819. The molecule has 1 amide bonds. The fraction of sp³-hybridized carbons (Fsp3) is 0.929. The van der Waals surface area contributed by atoms with E-state index in [1.165, 1.54) is 0 Å². The molecule has 1 N–H and O–H groups in total. The van der Waals surface area contributed by atoms with E-state index in [1.807, 2.05) is 11.8 Å². The summed E-state index contributed by atoms with van der Waals surface area (Å²) < 4.78 is 0. The van der Waals surface area contributed by atoms with Crippen LogP contribution < -0.4 is 0 Å². The van der Waals surface area contributed by atoms with Crippen molar-refractivity contribution in [2.45, 2.75) is 59.5 Å². The lowest BCUT2D eigenvalue weighted by Crippen LogP contribution is -2.37.